The molecule has 1 aliphatic rings. The van der Waals surface area contributed by atoms with E-state index in [1.165, 1.54) is 18.9 Å². The van der Waals surface area contributed by atoms with Crippen molar-refractivity contribution in [3.63, 3.8) is 0 Å². The SMILES string of the molecule is CN=C(NCCN(C(C)C)C1CC1)N(C)Cc1cccc(F)c1. The highest BCUT2D eigenvalue weighted by atomic mass is 19.1. The van der Waals surface area contributed by atoms with Crippen LogP contribution < -0.4 is 5.32 Å². The second kappa shape index (κ2) is 8.29. The predicted molar refractivity (Wildman–Crippen MR) is 94.1 cm³/mol. The average molecular weight is 320 g/mol. The van der Waals surface area contributed by atoms with Gasteiger partial charge in [-0.15, -0.1) is 0 Å². The van der Waals surface area contributed by atoms with Crippen LogP contribution in [0.5, 0.6) is 0 Å². The lowest BCUT2D eigenvalue weighted by molar-refractivity contribution is 0.214. The molecule has 1 saturated carbocycles. The monoisotopic (exact) mass is 320 g/mol. The Bertz CT molecular complexity index is 524. The van der Waals surface area contributed by atoms with Crippen molar-refractivity contribution >= 4 is 5.96 Å². The molecule has 1 aromatic rings. The first-order chi connectivity index (χ1) is 11.0. The van der Waals surface area contributed by atoms with E-state index in [0.29, 0.717) is 12.6 Å². The molecule has 0 aromatic heterocycles. The Kier molecular flexibility index (Phi) is 6.39. The summed E-state index contributed by atoms with van der Waals surface area (Å²) in [6, 6.07) is 8.05. The fraction of sp³-hybridized carbons (Fsp3) is 0.611. The van der Waals surface area contributed by atoms with Crippen LogP contribution in [0, 0.1) is 5.82 Å². The minimum Gasteiger partial charge on any atom is -0.355 e. The molecule has 0 amide bonds. The molecule has 0 atom stereocenters. The Morgan fingerprint density at radius 1 is 1.39 bits per heavy atom. The number of benzene rings is 1. The van der Waals surface area contributed by atoms with Gasteiger partial charge in [0.25, 0.3) is 0 Å². The fourth-order valence-electron chi connectivity index (χ4n) is 2.93. The molecule has 0 saturated heterocycles. The van der Waals surface area contributed by atoms with Crippen LogP contribution in [-0.4, -0.2) is 55.0 Å². The second-order valence-corrected chi connectivity index (χ2v) is 6.52. The van der Waals surface area contributed by atoms with Gasteiger partial charge in [0, 0.05) is 45.8 Å². The number of hydrogen-bond acceptors (Lipinski definition) is 2. The first kappa shape index (κ1) is 17.7. The molecule has 0 bridgehead atoms. The minimum absolute atomic E-state index is 0.198. The van der Waals surface area contributed by atoms with Gasteiger partial charge in [-0.05, 0) is 44.4 Å². The van der Waals surface area contributed by atoms with Gasteiger partial charge in [-0.1, -0.05) is 12.1 Å². The molecule has 0 spiro atoms. The van der Waals surface area contributed by atoms with Crippen LogP contribution in [0.1, 0.15) is 32.3 Å². The summed E-state index contributed by atoms with van der Waals surface area (Å²) in [4.78, 5) is 8.90. The van der Waals surface area contributed by atoms with Gasteiger partial charge < -0.3 is 10.2 Å². The number of aliphatic imine (C=N–C) groups is 1. The summed E-state index contributed by atoms with van der Waals surface area (Å²) in [5.41, 5.74) is 0.942. The molecular formula is C18H29FN4. The predicted octanol–water partition coefficient (Wildman–Crippen LogP) is 2.71. The third kappa shape index (κ3) is 5.50. The van der Waals surface area contributed by atoms with Crippen molar-refractivity contribution in [2.75, 3.05) is 27.2 Å². The number of nitrogens with one attached hydrogen (secondary N) is 1. The van der Waals surface area contributed by atoms with E-state index in [4.69, 9.17) is 0 Å². The molecule has 1 aromatic carbocycles. The lowest BCUT2D eigenvalue weighted by Gasteiger charge is -2.28. The standard InChI is InChI=1S/C18H29FN4/c1-14(2)23(17-8-9-17)11-10-21-18(20-3)22(4)13-15-6-5-7-16(19)12-15/h5-7,12,14,17H,8-11,13H2,1-4H3,(H,20,21). The molecule has 2 rings (SSSR count). The molecule has 4 nitrogen and oxygen atoms in total. The van der Waals surface area contributed by atoms with E-state index < -0.39 is 0 Å². The van der Waals surface area contributed by atoms with E-state index in [1.807, 2.05) is 18.0 Å². The molecule has 0 unspecified atom stereocenters. The Labute approximate surface area is 139 Å². The summed E-state index contributed by atoms with van der Waals surface area (Å²) in [5.74, 6) is 0.643. The molecule has 5 heteroatoms. The summed E-state index contributed by atoms with van der Waals surface area (Å²) >= 11 is 0. The molecule has 0 radical (unpaired) electrons. The van der Waals surface area contributed by atoms with Crippen LogP contribution >= 0.6 is 0 Å². The lowest BCUT2D eigenvalue weighted by atomic mass is 10.2. The van der Waals surface area contributed by atoms with Crippen LogP contribution in [0.2, 0.25) is 0 Å². The van der Waals surface area contributed by atoms with E-state index in [0.717, 1.165) is 30.7 Å². The third-order valence-electron chi connectivity index (χ3n) is 4.21. The van der Waals surface area contributed by atoms with Gasteiger partial charge in [-0.25, -0.2) is 4.39 Å². The van der Waals surface area contributed by atoms with Crippen LogP contribution in [0.15, 0.2) is 29.3 Å². The molecule has 0 heterocycles. The normalized spacial score (nSPS) is 15.3. The molecule has 0 aliphatic heterocycles. The molecule has 1 aliphatic carbocycles. The molecule has 23 heavy (non-hydrogen) atoms. The molecule has 1 fully saturated rings. The first-order valence-electron chi connectivity index (χ1n) is 8.43. The number of rotatable bonds is 7. The maximum absolute atomic E-state index is 13.3. The number of halogens is 1. The molecular weight excluding hydrogens is 291 g/mol. The van der Waals surface area contributed by atoms with Gasteiger partial charge in [0.05, 0.1) is 0 Å². The quantitative estimate of drug-likeness (QED) is 0.619. The Morgan fingerprint density at radius 2 is 2.13 bits per heavy atom. The van der Waals surface area contributed by atoms with E-state index in [-0.39, 0.29) is 5.82 Å². The maximum Gasteiger partial charge on any atom is 0.193 e. The second-order valence-electron chi connectivity index (χ2n) is 6.52. The highest BCUT2D eigenvalue weighted by molar-refractivity contribution is 5.79. The van der Waals surface area contributed by atoms with Gasteiger partial charge in [-0.3, -0.25) is 9.89 Å². The highest BCUT2D eigenvalue weighted by Crippen LogP contribution is 2.27. The minimum atomic E-state index is -0.198. The Hall–Kier alpha value is -1.62. The highest BCUT2D eigenvalue weighted by Gasteiger charge is 2.30. The van der Waals surface area contributed by atoms with E-state index in [2.05, 4.69) is 29.1 Å². The van der Waals surface area contributed by atoms with Gasteiger partial charge >= 0.3 is 0 Å². The van der Waals surface area contributed by atoms with Gasteiger partial charge in [0.15, 0.2) is 5.96 Å². The smallest absolute Gasteiger partial charge is 0.193 e. The van der Waals surface area contributed by atoms with Crippen LogP contribution in [-0.2, 0) is 6.54 Å². The fourth-order valence-corrected chi connectivity index (χ4v) is 2.93. The molecule has 1 N–H and O–H groups in total. The Morgan fingerprint density at radius 3 is 2.70 bits per heavy atom. The number of guanidine groups is 1. The van der Waals surface area contributed by atoms with Gasteiger partial charge in [0.2, 0.25) is 0 Å². The maximum atomic E-state index is 13.3. The lowest BCUT2D eigenvalue weighted by Crippen LogP contribution is -2.44. The zero-order valence-electron chi connectivity index (χ0n) is 14.7. The van der Waals surface area contributed by atoms with Crippen molar-refractivity contribution in [2.45, 2.75) is 45.3 Å². The summed E-state index contributed by atoms with van der Waals surface area (Å²) in [6.45, 7) is 7.03. The summed E-state index contributed by atoms with van der Waals surface area (Å²) in [6.07, 6.45) is 2.65. The summed E-state index contributed by atoms with van der Waals surface area (Å²) in [7, 11) is 3.76. The topological polar surface area (TPSA) is 30.9 Å². The van der Waals surface area contributed by atoms with Crippen LogP contribution in [0.3, 0.4) is 0 Å². The van der Waals surface area contributed by atoms with Gasteiger partial charge in [0.1, 0.15) is 5.82 Å². The zero-order valence-corrected chi connectivity index (χ0v) is 14.7. The van der Waals surface area contributed by atoms with Crippen molar-refractivity contribution in [2.24, 2.45) is 4.99 Å². The van der Waals surface area contributed by atoms with Crippen molar-refractivity contribution in [1.29, 1.82) is 0 Å². The van der Waals surface area contributed by atoms with Crippen molar-refractivity contribution in [3.8, 4) is 0 Å². The summed E-state index contributed by atoms with van der Waals surface area (Å²) in [5, 5.41) is 3.41. The van der Waals surface area contributed by atoms with Crippen molar-refractivity contribution < 1.29 is 4.39 Å². The zero-order chi connectivity index (χ0) is 16.8. The largest absolute Gasteiger partial charge is 0.355 e. The van der Waals surface area contributed by atoms with E-state index >= 15 is 0 Å². The number of nitrogens with zero attached hydrogens (tertiary/aromatic N) is 3. The molecule has 128 valence electrons. The average Bonchev–Trinajstić information content (AvgIpc) is 3.31. The van der Waals surface area contributed by atoms with Crippen molar-refractivity contribution in [3.05, 3.63) is 35.6 Å². The van der Waals surface area contributed by atoms with E-state index in [1.54, 1.807) is 19.2 Å². The van der Waals surface area contributed by atoms with Crippen LogP contribution in [0.25, 0.3) is 0 Å². The van der Waals surface area contributed by atoms with Gasteiger partial charge in [-0.2, -0.15) is 0 Å². The first-order valence-corrected chi connectivity index (χ1v) is 8.43. The van der Waals surface area contributed by atoms with E-state index in [9.17, 15) is 4.39 Å². The summed E-state index contributed by atoms with van der Waals surface area (Å²) < 4.78 is 13.3. The number of hydrogen-bond donors (Lipinski definition) is 1. The van der Waals surface area contributed by atoms with Crippen molar-refractivity contribution in [1.82, 2.24) is 15.1 Å². The third-order valence-corrected chi connectivity index (χ3v) is 4.21. The Balaban J connectivity index is 1.82. The van der Waals surface area contributed by atoms with Crippen LogP contribution in [0.4, 0.5) is 4.39 Å².